The Labute approximate surface area is 140 Å². The zero-order valence-electron chi connectivity index (χ0n) is 12.9. The van der Waals surface area contributed by atoms with Crippen molar-refractivity contribution in [2.24, 2.45) is 7.05 Å². The Balaban J connectivity index is 1.73. The van der Waals surface area contributed by atoms with Crippen molar-refractivity contribution < 1.29 is 14.7 Å². The van der Waals surface area contributed by atoms with Gasteiger partial charge in [-0.1, -0.05) is 0 Å². The maximum Gasteiger partial charge on any atom is 0.328 e. The van der Waals surface area contributed by atoms with Crippen molar-refractivity contribution in [1.29, 1.82) is 0 Å². The predicted molar refractivity (Wildman–Crippen MR) is 86.8 cm³/mol. The molecule has 0 fully saturated rings. The number of nitrogens with zero attached hydrogens (tertiary/aromatic N) is 5. The van der Waals surface area contributed by atoms with Crippen LogP contribution in [0.3, 0.4) is 0 Å². The average molecular weight is 346 g/mol. The first kappa shape index (κ1) is 15.9. The number of rotatable bonds is 5. The summed E-state index contributed by atoms with van der Waals surface area (Å²) in [6.45, 7) is 1.48. The number of carbonyl (C=O) groups is 2. The standard InChI is InChI=1S/C14H14N6O3S/c1-8(13(22)23)20-6-9(5-16-20)12(21)18-14-17-10(7-24-14)11-3-4-15-19(11)2/h3-8H,1-2H3,(H,22,23)(H,17,18,21). The number of thiazole rings is 1. The number of hydrogen-bond donors (Lipinski definition) is 2. The van der Waals surface area contributed by atoms with Gasteiger partial charge >= 0.3 is 5.97 Å². The lowest BCUT2D eigenvalue weighted by atomic mass is 10.3. The van der Waals surface area contributed by atoms with Crippen molar-refractivity contribution in [2.75, 3.05) is 5.32 Å². The molecule has 9 nitrogen and oxygen atoms in total. The van der Waals surface area contributed by atoms with Gasteiger partial charge in [-0.25, -0.2) is 9.78 Å². The number of amides is 1. The monoisotopic (exact) mass is 346 g/mol. The number of aryl methyl sites for hydroxylation is 1. The minimum Gasteiger partial charge on any atom is -0.480 e. The van der Waals surface area contributed by atoms with Gasteiger partial charge in [-0.2, -0.15) is 10.2 Å². The summed E-state index contributed by atoms with van der Waals surface area (Å²) in [7, 11) is 1.81. The van der Waals surface area contributed by atoms with E-state index in [0.717, 1.165) is 5.69 Å². The summed E-state index contributed by atoms with van der Waals surface area (Å²) >= 11 is 1.29. The summed E-state index contributed by atoms with van der Waals surface area (Å²) in [5, 5.41) is 21.9. The zero-order chi connectivity index (χ0) is 17.3. The molecule has 0 aliphatic heterocycles. The Morgan fingerprint density at radius 3 is 2.83 bits per heavy atom. The molecule has 3 aromatic heterocycles. The fraction of sp³-hybridized carbons (Fsp3) is 0.214. The summed E-state index contributed by atoms with van der Waals surface area (Å²) in [5.41, 5.74) is 1.82. The Morgan fingerprint density at radius 1 is 1.38 bits per heavy atom. The summed E-state index contributed by atoms with van der Waals surface area (Å²) in [5.74, 6) is -1.42. The van der Waals surface area contributed by atoms with Crippen molar-refractivity contribution in [3.05, 3.63) is 35.6 Å². The van der Waals surface area contributed by atoms with Crippen molar-refractivity contribution in [1.82, 2.24) is 24.5 Å². The van der Waals surface area contributed by atoms with Gasteiger partial charge in [-0.3, -0.25) is 19.5 Å². The number of hydrogen-bond acceptors (Lipinski definition) is 6. The number of carbonyl (C=O) groups excluding carboxylic acids is 1. The van der Waals surface area contributed by atoms with E-state index in [4.69, 9.17) is 5.11 Å². The second-order valence-electron chi connectivity index (χ2n) is 5.06. The van der Waals surface area contributed by atoms with Gasteiger partial charge in [0.1, 0.15) is 11.7 Å². The molecule has 3 aromatic rings. The van der Waals surface area contributed by atoms with E-state index in [9.17, 15) is 9.59 Å². The first-order valence-corrected chi connectivity index (χ1v) is 7.86. The number of carboxylic acids is 1. The molecule has 10 heteroatoms. The molecule has 1 unspecified atom stereocenters. The van der Waals surface area contributed by atoms with Crippen LogP contribution in [0.15, 0.2) is 30.0 Å². The summed E-state index contributed by atoms with van der Waals surface area (Å²) in [4.78, 5) is 27.5. The van der Waals surface area contributed by atoms with Crippen molar-refractivity contribution in [2.45, 2.75) is 13.0 Å². The summed E-state index contributed by atoms with van der Waals surface area (Å²) in [6, 6.07) is 0.987. The molecule has 0 bridgehead atoms. The van der Waals surface area contributed by atoms with Crippen LogP contribution in [0.5, 0.6) is 0 Å². The van der Waals surface area contributed by atoms with Crippen LogP contribution in [0.1, 0.15) is 23.3 Å². The normalized spacial score (nSPS) is 12.1. The molecule has 0 spiro atoms. The minimum absolute atomic E-state index is 0.264. The minimum atomic E-state index is -1.02. The van der Waals surface area contributed by atoms with E-state index in [-0.39, 0.29) is 5.56 Å². The molecule has 1 atom stereocenters. The van der Waals surface area contributed by atoms with Gasteiger partial charge < -0.3 is 5.11 Å². The maximum absolute atomic E-state index is 12.2. The molecule has 0 aliphatic carbocycles. The second kappa shape index (κ2) is 6.24. The summed E-state index contributed by atoms with van der Waals surface area (Å²) in [6.07, 6.45) is 4.39. The van der Waals surface area contributed by atoms with Crippen LogP contribution < -0.4 is 5.32 Å². The summed E-state index contributed by atoms with van der Waals surface area (Å²) < 4.78 is 2.91. The van der Waals surface area contributed by atoms with Gasteiger partial charge in [-0.15, -0.1) is 11.3 Å². The van der Waals surface area contributed by atoms with Crippen LogP contribution in [0.2, 0.25) is 0 Å². The van der Waals surface area contributed by atoms with E-state index in [1.165, 1.54) is 35.3 Å². The third-order valence-corrected chi connectivity index (χ3v) is 4.18. The Bertz CT molecular complexity index is 896. The highest BCUT2D eigenvalue weighted by Gasteiger charge is 2.17. The van der Waals surface area contributed by atoms with Gasteiger partial charge in [0, 0.05) is 24.8 Å². The Morgan fingerprint density at radius 2 is 2.17 bits per heavy atom. The van der Waals surface area contributed by atoms with E-state index in [0.29, 0.717) is 10.8 Å². The Hall–Kier alpha value is -3.01. The fourth-order valence-corrected chi connectivity index (χ4v) is 2.72. The molecule has 3 rings (SSSR count). The van der Waals surface area contributed by atoms with Gasteiger partial charge in [0.15, 0.2) is 5.13 Å². The molecule has 24 heavy (non-hydrogen) atoms. The van der Waals surface area contributed by atoms with E-state index in [1.54, 1.807) is 10.9 Å². The topological polar surface area (TPSA) is 115 Å². The van der Waals surface area contributed by atoms with E-state index >= 15 is 0 Å². The Kier molecular flexibility index (Phi) is 4.13. The lowest BCUT2D eigenvalue weighted by Crippen LogP contribution is -2.16. The predicted octanol–water partition coefficient (Wildman–Crippen LogP) is 1.64. The molecule has 0 aliphatic rings. The highest BCUT2D eigenvalue weighted by atomic mass is 32.1. The smallest absolute Gasteiger partial charge is 0.328 e. The number of aromatic nitrogens is 5. The van der Waals surface area contributed by atoms with Crippen LogP contribution in [-0.2, 0) is 11.8 Å². The van der Waals surface area contributed by atoms with Gasteiger partial charge in [-0.05, 0) is 13.0 Å². The quantitative estimate of drug-likeness (QED) is 0.726. The van der Waals surface area contributed by atoms with Crippen molar-refractivity contribution >= 4 is 28.3 Å². The van der Waals surface area contributed by atoms with Crippen LogP contribution in [-0.4, -0.2) is 41.5 Å². The molecular formula is C14H14N6O3S. The highest BCUT2D eigenvalue weighted by Crippen LogP contribution is 2.24. The SMILES string of the molecule is CC(C(=O)O)n1cc(C(=O)Nc2nc(-c3ccnn3C)cs2)cn1. The fourth-order valence-electron chi connectivity index (χ4n) is 2.02. The highest BCUT2D eigenvalue weighted by molar-refractivity contribution is 7.14. The zero-order valence-corrected chi connectivity index (χ0v) is 13.7. The molecule has 2 N–H and O–H groups in total. The van der Waals surface area contributed by atoms with Crippen LogP contribution in [0.4, 0.5) is 5.13 Å². The molecule has 3 heterocycles. The second-order valence-corrected chi connectivity index (χ2v) is 5.91. The van der Waals surface area contributed by atoms with Crippen molar-refractivity contribution in [3.8, 4) is 11.4 Å². The third kappa shape index (κ3) is 3.04. The van der Waals surface area contributed by atoms with Crippen LogP contribution in [0.25, 0.3) is 11.4 Å². The number of aliphatic carboxylic acids is 1. The van der Waals surface area contributed by atoms with Crippen LogP contribution >= 0.6 is 11.3 Å². The van der Waals surface area contributed by atoms with Crippen molar-refractivity contribution in [3.63, 3.8) is 0 Å². The van der Waals surface area contributed by atoms with Gasteiger partial charge in [0.25, 0.3) is 5.91 Å². The first-order valence-electron chi connectivity index (χ1n) is 6.98. The van der Waals surface area contributed by atoms with E-state index in [1.807, 2.05) is 18.5 Å². The van der Waals surface area contributed by atoms with Gasteiger partial charge in [0.2, 0.25) is 0 Å². The molecule has 0 saturated heterocycles. The lowest BCUT2D eigenvalue weighted by molar-refractivity contribution is -0.140. The van der Waals surface area contributed by atoms with E-state index < -0.39 is 17.9 Å². The molecule has 1 amide bonds. The molecule has 0 radical (unpaired) electrons. The first-order chi connectivity index (χ1) is 11.5. The lowest BCUT2D eigenvalue weighted by Gasteiger charge is -2.05. The van der Waals surface area contributed by atoms with Gasteiger partial charge in [0.05, 0.1) is 17.5 Å². The molecule has 0 aromatic carbocycles. The number of anilines is 1. The molecule has 124 valence electrons. The maximum atomic E-state index is 12.2. The number of carboxylic acid groups (broad SMARTS) is 1. The van der Waals surface area contributed by atoms with Crippen LogP contribution in [0, 0.1) is 0 Å². The average Bonchev–Trinajstić information content (AvgIpc) is 3.26. The third-order valence-electron chi connectivity index (χ3n) is 3.43. The number of nitrogens with one attached hydrogen (secondary N) is 1. The molecule has 0 saturated carbocycles. The molecular weight excluding hydrogens is 332 g/mol. The largest absolute Gasteiger partial charge is 0.480 e. The van der Waals surface area contributed by atoms with E-state index in [2.05, 4.69) is 20.5 Å².